The molecular weight excluding hydrogens is 206 g/mol. The Morgan fingerprint density at radius 3 is 2.94 bits per heavy atom. The smallest absolute Gasteiger partial charge is 0.166 e. The summed E-state index contributed by atoms with van der Waals surface area (Å²) in [7, 11) is 0. The zero-order valence-corrected chi connectivity index (χ0v) is 8.19. The van der Waals surface area contributed by atoms with Crippen LogP contribution in [0.4, 0.5) is 0 Å². The lowest BCUT2D eigenvalue weighted by Gasteiger charge is -2.00. The molecule has 0 spiro atoms. The molecule has 0 atom stereocenters. The molecule has 2 heterocycles. The summed E-state index contributed by atoms with van der Waals surface area (Å²) in [5.74, 6) is 0.718. The third kappa shape index (κ3) is 1.46. The molecule has 0 saturated carbocycles. The first-order valence-corrected chi connectivity index (χ1v) is 4.68. The highest BCUT2D eigenvalue weighted by Gasteiger charge is 2.04. The van der Waals surface area contributed by atoms with Crippen LogP contribution in [0.1, 0.15) is 0 Å². The van der Waals surface area contributed by atoms with Crippen LogP contribution in [0.15, 0.2) is 47.4 Å². The molecule has 78 valence electrons. The highest BCUT2D eigenvalue weighted by atomic mass is 16.5. The molecule has 3 rings (SSSR count). The SMILES string of the molecule is c1cc(-c2ccno2)cc(-n2cnnn2)c1. The van der Waals surface area contributed by atoms with E-state index in [1.807, 2.05) is 24.3 Å². The summed E-state index contributed by atoms with van der Waals surface area (Å²) in [6, 6.07) is 9.50. The Bertz CT molecular complexity index is 524. The van der Waals surface area contributed by atoms with E-state index >= 15 is 0 Å². The molecule has 0 aliphatic heterocycles. The average molecular weight is 213 g/mol. The van der Waals surface area contributed by atoms with Crippen LogP contribution in [0.25, 0.3) is 17.0 Å². The normalized spacial score (nSPS) is 10.5. The third-order valence-corrected chi connectivity index (χ3v) is 2.18. The van der Waals surface area contributed by atoms with Gasteiger partial charge in [0, 0.05) is 11.6 Å². The van der Waals surface area contributed by atoms with Crippen LogP contribution < -0.4 is 0 Å². The Balaban J connectivity index is 2.07. The molecule has 6 nitrogen and oxygen atoms in total. The first-order chi connectivity index (χ1) is 7.93. The molecule has 0 bridgehead atoms. The summed E-state index contributed by atoms with van der Waals surface area (Å²) in [6.45, 7) is 0. The number of tetrazole rings is 1. The quantitative estimate of drug-likeness (QED) is 0.642. The van der Waals surface area contributed by atoms with Crippen molar-refractivity contribution in [2.75, 3.05) is 0 Å². The van der Waals surface area contributed by atoms with E-state index in [2.05, 4.69) is 20.7 Å². The van der Waals surface area contributed by atoms with Crippen molar-refractivity contribution in [2.45, 2.75) is 0 Å². The van der Waals surface area contributed by atoms with Gasteiger partial charge in [0.15, 0.2) is 5.76 Å². The topological polar surface area (TPSA) is 69.6 Å². The standard InChI is InChI=1S/C10H7N5O/c1-2-8(10-4-5-12-16-10)6-9(3-1)15-7-11-13-14-15/h1-7H. The van der Waals surface area contributed by atoms with Gasteiger partial charge in [-0.15, -0.1) is 5.10 Å². The van der Waals surface area contributed by atoms with Gasteiger partial charge in [0.25, 0.3) is 0 Å². The van der Waals surface area contributed by atoms with Gasteiger partial charge in [-0.05, 0) is 22.6 Å². The molecule has 1 aromatic carbocycles. The van der Waals surface area contributed by atoms with Crippen LogP contribution in [-0.4, -0.2) is 25.4 Å². The second kappa shape index (κ2) is 3.58. The fourth-order valence-electron chi connectivity index (χ4n) is 1.45. The monoisotopic (exact) mass is 213 g/mol. The highest BCUT2D eigenvalue weighted by molar-refractivity contribution is 5.60. The number of aromatic nitrogens is 5. The van der Waals surface area contributed by atoms with Crippen LogP contribution in [-0.2, 0) is 0 Å². The van der Waals surface area contributed by atoms with Crippen molar-refractivity contribution in [2.24, 2.45) is 0 Å². The van der Waals surface area contributed by atoms with E-state index in [-0.39, 0.29) is 0 Å². The van der Waals surface area contributed by atoms with Crippen LogP contribution >= 0.6 is 0 Å². The molecule has 0 fully saturated rings. The van der Waals surface area contributed by atoms with Crippen LogP contribution in [0, 0.1) is 0 Å². The molecule has 16 heavy (non-hydrogen) atoms. The molecule has 0 aliphatic carbocycles. The van der Waals surface area contributed by atoms with Crippen molar-refractivity contribution in [3.05, 3.63) is 42.9 Å². The van der Waals surface area contributed by atoms with Gasteiger partial charge >= 0.3 is 0 Å². The minimum atomic E-state index is 0.718. The number of rotatable bonds is 2. The van der Waals surface area contributed by atoms with Crippen LogP contribution in [0.2, 0.25) is 0 Å². The minimum absolute atomic E-state index is 0.718. The lowest BCUT2D eigenvalue weighted by atomic mass is 10.1. The van der Waals surface area contributed by atoms with Crippen molar-refractivity contribution in [1.29, 1.82) is 0 Å². The zero-order valence-electron chi connectivity index (χ0n) is 8.19. The highest BCUT2D eigenvalue weighted by Crippen LogP contribution is 2.20. The van der Waals surface area contributed by atoms with Gasteiger partial charge in [-0.25, -0.2) is 4.68 Å². The van der Waals surface area contributed by atoms with E-state index < -0.39 is 0 Å². The molecular formula is C10H7N5O. The molecule has 0 saturated heterocycles. The summed E-state index contributed by atoms with van der Waals surface area (Å²) in [5.41, 5.74) is 1.81. The second-order valence-electron chi connectivity index (χ2n) is 3.18. The Kier molecular flexibility index (Phi) is 1.96. The Hall–Kier alpha value is -2.50. The second-order valence-corrected chi connectivity index (χ2v) is 3.18. The van der Waals surface area contributed by atoms with Crippen molar-refractivity contribution in [1.82, 2.24) is 25.4 Å². The Morgan fingerprint density at radius 1 is 1.19 bits per heavy atom. The molecule has 3 aromatic rings. The molecule has 2 aromatic heterocycles. The van der Waals surface area contributed by atoms with Gasteiger partial charge in [-0.1, -0.05) is 17.3 Å². The number of benzene rings is 1. The Labute approximate surface area is 90.5 Å². The number of nitrogens with zero attached hydrogens (tertiary/aromatic N) is 5. The first-order valence-electron chi connectivity index (χ1n) is 4.68. The van der Waals surface area contributed by atoms with Crippen molar-refractivity contribution >= 4 is 0 Å². The summed E-state index contributed by atoms with van der Waals surface area (Å²) < 4.78 is 6.66. The van der Waals surface area contributed by atoms with Gasteiger partial charge in [0.05, 0.1) is 11.9 Å². The van der Waals surface area contributed by atoms with E-state index in [1.54, 1.807) is 23.3 Å². The fraction of sp³-hybridized carbons (Fsp3) is 0. The molecule has 0 N–H and O–H groups in total. The zero-order chi connectivity index (χ0) is 10.8. The number of hydrogen-bond acceptors (Lipinski definition) is 5. The predicted octanol–water partition coefficient (Wildman–Crippen LogP) is 1.32. The van der Waals surface area contributed by atoms with Crippen molar-refractivity contribution in [3.8, 4) is 17.0 Å². The summed E-state index contributed by atoms with van der Waals surface area (Å²) in [6.07, 6.45) is 3.15. The Morgan fingerprint density at radius 2 is 2.19 bits per heavy atom. The van der Waals surface area contributed by atoms with E-state index in [9.17, 15) is 0 Å². The van der Waals surface area contributed by atoms with E-state index in [1.165, 1.54) is 0 Å². The summed E-state index contributed by atoms with van der Waals surface area (Å²) in [4.78, 5) is 0. The van der Waals surface area contributed by atoms with Crippen LogP contribution in [0.3, 0.4) is 0 Å². The maximum Gasteiger partial charge on any atom is 0.166 e. The maximum atomic E-state index is 5.08. The number of hydrogen-bond donors (Lipinski definition) is 0. The minimum Gasteiger partial charge on any atom is -0.356 e. The molecule has 0 radical (unpaired) electrons. The van der Waals surface area contributed by atoms with Gasteiger partial charge in [-0.2, -0.15) is 0 Å². The molecule has 0 amide bonds. The van der Waals surface area contributed by atoms with E-state index in [0.717, 1.165) is 17.0 Å². The molecule has 6 heteroatoms. The van der Waals surface area contributed by atoms with Gasteiger partial charge in [0.1, 0.15) is 6.33 Å². The lowest BCUT2D eigenvalue weighted by Crippen LogP contribution is -1.94. The molecule has 0 unspecified atom stereocenters. The average Bonchev–Trinajstić information content (AvgIpc) is 3.03. The van der Waals surface area contributed by atoms with Gasteiger partial charge in [0.2, 0.25) is 0 Å². The van der Waals surface area contributed by atoms with Gasteiger partial charge < -0.3 is 4.52 Å². The fourth-order valence-corrected chi connectivity index (χ4v) is 1.45. The van der Waals surface area contributed by atoms with Crippen molar-refractivity contribution < 1.29 is 4.52 Å². The van der Waals surface area contributed by atoms with E-state index in [0.29, 0.717) is 0 Å². The summed E-state index contributed by atoms with van der Waals surface area (Å²) in [5, 5.41) is 14.7. The largest absolute Gasteiger partial charge is 0.356 e. The van der Waals surface area contributed by atoms with Gasteiger partial charge in [-0.3, -0.25) is 0 Å². The van der Waals surface area contributed by atoms with Crippen molar-refractivity contribution in [3.63, 3.8) is 0 Å². The van der Waals surface area contributed by atoms with E-state index in [4.69, 9.17) is 4.52 Å². The predicted molar refractivity (Wildman–Crippen MR) is 54.7 cm³/mol. The first kappa shape index (κ1) is 8.78. The van der Waals surface area contributed by atoms with Crippen LogP contribution in [0.5, 0.6) is 0 Å². The molecule has 0 aliphatic rings. The lowest BCUT2D eigenvalue weighted by molar-refractivity contribution is 0.432. The summed E-state index contributed by atoms with van der Waals surface area (Å²) >= 11 is 0. The third-order valence-electron chi connectivity index (χ3n) is 2.18. The maximum absolute atomic E-state index is 5.08.